The minimum absolute atomic E-state index is 0.0383. The fourth-order valence-electron chi connectivity index (χ4n) is 7.67. The minimum atomic E-state index is -0.816. The fraction of sp³-hybridized carbons (Fsp3) is 0.167. The van der Waals surface area contributed by atoms with Gasteiger partial charge in [0.05, 0.1) is 15.6 Å². The molecule has 5 aromatic carbocycles. The summed E-state index contributed by atoms with van der Waals surface area (Å²) in [5.74, 6) is -1.14. The molecule has 1 N–H and O–H groups in total. The van der Waals surface area contributed by atoms with Crippen molar-refractivity contribution < 1.29 is 24.0 Å². The molecule has 2 atom stereocenters. The monoisotopic (exact) mass is 724 g/mol. The number of carbonyl (C=O) groups excluding carboxylic acids is 3. The predicted molar refractivity (Wildman–Crippen MR) is 202 cm³/mol. The first-order valence-electron chi connectivity index (χ1n) is 17.3. The highest BCUT2D eigenvalue weighted by atomic mass is 35.5. The number of nitrogens with zero attached hydrogens (tertiary/aromatic N) is 3. The number of benzene rings is 5. The Balaban J connectivity index is 1.14. The van der Waals surface area contributed by atoms with Gasteiger partial charge in [-0.2, -0.15) is 0 Å². The van der Waals surface area contributed by atoms with Crippen molar-refractivity contribution in [2.75, 3.05) is 22.9 Å². The number of non-ortho nitro benzene ring substituents is 1. The first kappa shape index (κ1) is 33.9. The number of hydrogen-bond acceptors (Lipinski definition) is 7. The highest BCUT2D eigenvalue weighted by Crippen LogP contribution is 2.50. The molecule has 0 aliphatic carbocycles. The van der Waals surface area contributed by atoms with Crippen LogP contribution in [0.25, 0.3) is 6.08 Å². The van der Waals surface area contributed by atoms with Crippen molar-refractivity contribution in [3.8, 4) is 5.75 Å². The van der Waals surface area contributed by atoms with E-state index in [1.165, 1.54) is 18.2 Å². The van der Waals surface area contributed by atoms with E-state index in [2.05, 4.69) is 34.5 Å². The molecule has 1 saturated heterocycles. The number of imide groups is 2. The number of anilines is 2. The number of hydrogen-bond donors (Lipinski definition) is 1. The topological polar surface area (TPSA) is 122 Å². The van der Waals surface area contributed by atoms with Gasteiger partial charge in [0.15, 0.2) is 0 Å². The largest absolute Gasteiger partial charge is 0.487 e. The number of ether oxygens (including phenoxy) is 1. The molecule has 4 amide bonds. The molecule has 8 rings (SSSR count). The van der Waals surface area contributed by atoms with Crippen LogP contribution in [0.3, 0.4) is 0 Å². The molecule has 5 aromatic rings. The van der Waals surface area contributed by atoms with E-state index in [-0.39, 0.29) is 34.7 Å². The molecule has 0 bridgehead atoms. The van der Waals surface area contributed by atoms with Gasteiger partial charge in [0.25, 0.3) is 17.5 Å². The van der Waals surface area contributed by atoms with E-state index < -0.39 is 22.8 Å². The Morgan fingerprint density at radius 2 is 1.45 bits per heavy atom. The number of amides is 4. The lowest BCUT2D eigenvalue weighted by atomic mass is 9.76. The highest BCUT2D eigenvalue weighted by Gasteiger charge is 2.40. The van der Waals surface area contributed by atoms with Gasteiger partial charge in [-0.1, -0.05) is 90.5 Å². The maximum atomic E-state index is 14.2. The lowest BCUT2D eigenvalue weighted by Gasteiger charge is -2.44. The van der Waals surface area contributed by atoms with Crippen LogP contribution >= 0.6 is 11.6 Å². The maximum Gasteiger partial charge on any atom is 0.335 e. The van der Waals surface area contributed by atoms with Crippen molar-refractivity contribution in [3.63, 3.8) is 0 Å². The summed E-state index contributed by atoms with van der Waals surface area (Å²) in [6, 6.07) is 34.5. The summed E-state index contributed by atoms with van der Waals surface area (Å²) in [5.41, 5.74) is 6.71. The molecule has 11 heteroatoms. The number of nitro groups is 1. The lowest BCUT2D eigenvalue weighted by molar-refractivity contribution is -0.384. The first-order chi connectivity index (χ1) is 25.7. The van der Waals surface area contributed by atoms with Gasteiger partial charge in [-0.05, 0) is 76.6 Å². The molecule has 0 spiro atoms. The van der Waals surface area contributed by atoms with Crippen LogP contribution in [0.5, 0.6) is 5.75 Å². The zero-order valence-electron chi connectivity index (χ0n) is 28.4. The molecule has 0 aromatic heterocycles. The Bertz CT molecular complexity index is 2240. The lowest BCUT2D eigenvalue weighted by Crippen LogP contribution is -2.54. The summed E-state index contributed by atoms with van der Waals surface area (Å²) in [7, 11) is 0. The molecular weight excluding hydrogens is 692 g/mol. The van der Waals surface area contributed by atoms with Gasteiger partial charge in [-0.15, -0.1) is 0 Å². The molecule has 53 heavy (non-hydrogen) atoms. The van der Waals surface area contributed by atoms with Crippen molar-refractivity contribution in [1.82, 2.24) is 5.32 Å². The zero-order chi connectivity index (χ0) is 36.6. The standard InChI is InChI=1S/C42H33ClN4O6/c43-37-22-26(14-15-38(37)53-25-27-8-7-13-30(20-27)47(51)52)21-36-40(48)44-42(50)46(41(36)49)31-23-34-32(28-9-3-1-4-10-28)16-18-45-19-17-33(35(24-31)39(34)45)29-11-5-2-6-12-29/h1-15,20-24,32-33H,16-19,25H2,(H,44,48,50)/b36-21+/t32-,33-/m1/s1. The highest BCUT2D eigenvalue weighted by molar-refractivity contribution is 6.39. The number of urea groups is 1. The van der Waals surface area contributed by atoms with Crippen molar-refractivity contribution >= 4 is 52.6 Å². The van der Waals surface area contributed by atoms with Crippen LogP contribution in [-0.4, -0.2) is 35.9 Å². The van der Waals surface area contributed by atoms with Crippen molar-refractivity contribution in [2.24, 2.45) is 0 Å². The molecule has 0 unspecified atom stereocenters. The van der Waals surface area contributed by atoms with Crippen LogP contribution in [0.2, 0.25) is 5.02 Å². The third-order valence-corrected chi connectivity index (χ3v) is 10.4. The zero-order valence-corrected chi connectivity index (χ0v) is 29.2. The number of halogens is 1. The SMILES string of the molecule is O=C1NC(=O)N(c2cc3c4c(c2)[C@@H](c2ccccc2)CCN4CC[C@@H]3c2ccccc2)C(=O)/C1=C/c1ccc(OCc2cccc([N+](=O)[O-])c2)c(Cl)c1. The Labute approximate surface area is 310 Å². The van der Waals surface area contributed by atoms with E-state index in [1.54, 1.807) is 30.3 Å². The summed E-state index contributed by atoms with van der Waals surface area (Å²) in [6.45, 7) is 1.83. The van der Waals surface area contributed by atoms with Crippen molar-refractivity contribution in [1.29, 1.82) is 0 Å². The molecule has 264 valence electrons. The van der Waals surface area contributed by atoms with Gasteiger partial charge in [-0.3, -0.25) is 25.0 Å². The average Bonchev–Trinajstić information content (AvgIpc) is 3.17. The molecule has 3 heterocycles. The van der Waals surface area contributed by atoms with Gasteiger partial charge in [-0.25, -0.2) is 9.69 Å². The normalized spacial score (nSPS) is 18.8. The van der Waals surface area contributed by atoms with Gasteiger partial charge in [0.1, 0.15) is 17.9 Å². The summed E-state index contributed by atoms with van der Waals surface area (Å²) in [6.07, 6.45) is 3.16. The third kappa shape index (κ3) is 6.53. The van der Waals surface area contributed by atoms with Crippen molar-refractivity contribution in [3.05, 3.63) is 169 Å². The predicted octanol–water partition coefficient (Wildman–Crippen LogP) is 8.37. The molecule has 0 radical (unpaired) electrons. The van der Waals surface area contributed by atoms with Crippen LogP contribution in [0.1, 0.15) is 58.1 Å². The Morgan fingerprint density at radius 3 is 2.06 bits per heavy atom. The van der Waals surface area contributed by atoms with Gasteiger partial charge in [0.2, 0.25) is 0 Å². The number of nitrogens with one attached hydrogen (secondary N) is 1. The van der Waals surface area contributed by atoms with Gasteiger partial charge in [0, 0.05) is 42.7 Å². The molecule has 1 fully saturated rings. The van der Waals surface area contributed by atoms with E-state index in [1.807, 2.05) is 48.5 Å². The van der Waals surface area contributed by atoms with Crippen molar-refractivity contribution in [2.45, 2.75) is 31.3 Å². The maximum absolute atomic E-state index is 14.2. The Kier molecular flexibility index (Phi) is 8.97. The molecule has 3 aliphatic rings. The van der Waals surface area contributed by atoms with E-state index in [4.69, 9.17) is 16.3 Å². The van der Waals surface area contributed by atoms with Crippen LogP contribution in [0.4, 0.5) is 21.9 Å². The van der Waals surface area contributed by atoms with E-state index in [0.29, 0.717) is 22.6 Å². The number of barbiturate groups is 1. The second kappa shape index (κ2) is 14.0. The second-order valence-corrected chi connectivity index (χ2v) is 13.7. The molecular formula is C42H33ClN4O6. The second-order valence-electron chi connectivity index (χ2n) is 13.3. The summed E-state index contributed by atoms with van der Waals surface area (Å²) >= 11 is 6.55. The Hall–Kier alpha value is -6.26. The van der Waals surface area contributed by atoms with E-state index >= 15 is 0 Å². The van der Waals surface area contributed by atoms with Gasteiger partial charge >= 0.3 is 6.03 Å². The van der Waals surface area contributed by atoms with E-state index in [0.717, 1.165) is 58.8 Å². The number of carbonyl (C=O) groups is 3. The Morgan fingerprint density at radius 1 is 0.811 bits per heavy atom. The third-order valence-electron chi connectivity index (χ3n) is 10.1. The molecule has 10 nitrogen and oxygen atoms in total. The quantitative estimate of drug-likeness (QED) is 0.0739. The van der Waals surface area contributed by atoms with Crippen LogP contribution < -0.4 is 19.9 Å². The fourth-order valence-corrected chi connectivity index (χ4v) is 7.92. The number of nitro benzene ring substituents is 1. The van der Waals surface area contributed by atoms with Crippen LogP contribution in [0.15, 0.2) is 121 Å². The minimum Gasteiger partial charge on any atom is -0.487 e. The summed E-state index contributed by atoms with van der Waals surface area (Å²) in [5, 5.41) is 13.7. The van der Waals surface area contributed by atoms with E-state index in [9.17, 15) is 24.5 Å². The smallest absolute Gasteiger partial charge is 0.335 e. The first-order valence-corrected chi connectivity index (χ1v) is 17.7. The number of rotatable bonds is 8. The average molecular weight is 725 g/mol. The molecule has 3 aliphatic heterocycles. The summed E-state index contributed by atoms with van der Waals surface area (Å²) in [4.78, 5) is 55.2. The van der Waals surface area contributed by atoms with Gasteiger partial charge < -0.3 is 9.64 Å². The van der Waals surface area contributed by atoms with Crippen LogP contribution in [-0.2, 0) is 16.2 Å². The van der Waals surface area contributed by atoms with Crippen LogP contribution in [0, 0.1) is 10.1 Å². The summed E-state index contributed by atoms with van der Waals surface area (Å²) < 4.78 is 5.82. The molecule has 0 saturated carbocycles.